The maximum Gasteiger partial charge on any atom is 0.143 e. The Bertz CT molecular complexity index is 171. The van der Waals surface area contributed by atoms with Crippen LogP contribution in [0, 0.1) is 11.3 Å². The van der Waals surface area contributed by atoms with Gasteiger partial charge in [-0.15, -0.1) is 0 Å². The van der Waals surface area contributed by atoms with Gasteiger partial charge in [-0.3, -0.25) is 9.69 Å². The lowest BCUT2D eigenvalue weighted by molar-refractivity contribution is -0.118. The zero-order chi connectivity index (χ0) is 8.85. The number of nitriles is 1. The van der Waals surface area contributed by atoms with Gasteiger partial charge < -0.3 is 0 Å². The van der Waals surface area contributed by atoms with Crippen LogP contribution in [0.5, 0.6) is 0 Å². The van der Waals surface area contributed by atoms with Gasteiger partial charge in [0.25, 0.3) is 0 Å². The third-order valence-corrected chi connectivity index (χ3v) is 1.57. The van der Waals surface area contributed by atoms with E-state index in [2.05, 4.69) is 6.07 Å². The van der Waals surface area contributed by atoms with Crippen molar-refractivity contribution in [1.29, 1.82) is 5.26 Å². The monoisotopic (exact) mass is 154 g/mol. The van der Waals surface area contributed by atoms with E-state index in [1.54, 1.807) is 6.92 Å². The number of carbonyl (C=O) groups is 1. The predicted octanol–water partition coefficient (Wildman–Crippen LogP) is 0.809. The molecule has 0 spiro atoms. The molecule has 1 unspecified atom stereocenters. The molecule has 0 aliphatic carbocycles. The van der Waals surface area contributed by atoms with E-state index < -0.39 is 0 Å². The fourth-order valence-corrected chi connectivity index (χ4v) is 0.890. The lowest BCUT2D eigenvalue weighted by atomic mass is 10.3. The van der Waals surface area contributed by atoms with Gasteiger partial charge in [0.2, 0.25) is 0 Å². The van der Waals surface area contributed by atoms with Crippen LogP contribution in [0.2, 0.25) is 0 Å². The third-order valence-electron chi connectivity index (χ3n) is 1.57. The Kier molecular flexibility index (Phi) is 4.47. The van der Waals surface area contributed by atoms with Crippen LogP contribution in [0.3, 0.4) is 0 Å². The summed E-state index contributed by atoms with van der Waals surface area (Å²) in [6.07, 6.45) is 0. The Morgan fingerprint density at radius 3 is 2.55 bits per heavy atom. The minimum absolute atomic E-state index is 0.106. The SMILES string of the molecule is CCN(CC(C)=O)C(C)C#N. The number of ketones is 1. The van der Waals surface area contributed by atoms with Crippen molar-refractivity contribution >= 4 is 5.78 Å². The molecule has 0 amide bonds. The lowest BCUT2D eigenvalue weighted by Crippen LogP contribution is -2.35. The summed E-state index contributed by atoms with van der Waals surface area (Å²) < 4.78 is 0. The molecule has 0 radical (unpaired) electrons. The number of likely N-dealkylation sites (N-methyl/N-ethyl adjacent to an activating group) is 1. The quantitative estimate of drug-likeness (QED) is 0.602. The molecule has 3 heteroatoms. The largest absolute Gasteiger partial charge is 0.299 e. The third kappa shape index (κ3) is 3.74. The van der Waals surface area contributed by atoms with Gasteiger partial charge in [0.05, 0.1) is 18.7 Å². The predicted molar refractivity (Wildman–Crippen MR) is 43.0 cm³/mol. The van der Waals surface area contributed by atoms with Crippen LogP contribution in [0.4, 0.5) is 0 Å². The molecule has 0 bridgehead atoms. The van der Waals surface area contributed by atoms with Gasteiger partial charge in [0, 0.05) is 0 Å². The minimum atomic E-state index is -0.163. The molecule has 62 valence electrons. The van der Waals surface area contributed by atoms with Crippen molar-refractivity contribution in [2.45, 2.75) is 26.8 Å². The van der Waals surface area contributed by atoms with E-state index in [9.17, 15) is 4.79 Å². The molecule has 0 aromatic heterocycles. The molecule has 0 aliphatic rings. The van der Waals surface area contributed by atoms with Crippen molar-refractivity contribution in [2.24, 2.45) is 0 Å². The molecule has 0 heterocycles. The van der Waals surface area contributed by atoms with E-state index in [4.69, 9.17) is 5.26 Å². The molecule has 0 saturated heterocycles. The molecule has 1 atom stereocenters. The zero-order valence-corrected chi connectivity index (χ0v) is 7.29. The van der Waals surface area contributed by atoms with Crippen LogP contribution in [0.25, 0.3) is 0 Å². The van der Waals surface area contributed by atoms with Crippen molar-refractivity contribution in [3.05, 3.63) is 0 Å². The van der Waals surface area contributed by atoms with Crippen molar-refractivity contribution < 1.29 is 4.79 Å². The van der Waals surface area contributed by atoms with Gasteiger partial charge in [-0.1, -0.05) is 6.92 Å². The smallest absolute Gasteiger partial charge is 0.143 e. The normalized spacial score (nSPS) is 12.6. The molecule has 11 heavy (non-hydrogen) atoms. The van der Waals surface area contributed by atoms with E-state index in [0.717, 1.165) is 6.54 Å². The van der Waals surface area contributed by atoms with Crippen molar-refractivity contribution in [3.63, 3.8) is 0 Å². The van der Waals surface area contributed by atoms with Crippen molar-refractivity contribution in [3.8, 4) is 6.07 Å². The van der Waals surface area contributed by atoms with Gasteiger partial charge >= 0.3 is 0 Å². The maximum absolute atomic E-state index is 10.7. The van der Waals surface area contributed by atoms with E-state index >= 15 is 0 Å². The Morgan fingerprint density at radius 2 is 2.27 bits per heavy atom. The van der Waals surface area contributed by atoms with Crippen LogP contribution < -0.4 is 0 Å². The molecule has 0 rings (SSSR count). The first-order valence-electron chi connectivity index (χ1n) is 3.75. The van der Waals surface area contributed by atoms with Gasteiger partial charge in [-0.05, 0) is 20.4 Å². The molecular formula is C8H14N2O. The minimum Gasteiger partial charge on any atom is -0.299 e. The molecular weight excluding hydrogens is 140 g/mol. The molecule has 0 aliphatic heterocycles. The van der Waals surface area contributed by atoms with Crippen molar-refractivity contribution in [1.82, 2.24) is 4.90 Å². The zero-order valence-electron chi connectivity index (χ0n) is 7.29. The summed E-state index contributed by atoms with van der Waals surface area (Å²) in [5, 5.41) is 8.55. The van der Waals surface area contributed by atoms with Crippen LogP contribution >= 0.6 is 0 Å². The van der Waals surface area contributed by atoms with E-state index in [0.29, 0.717) is 6.54 Å². The number of hydrogen-bond donors (Lipinski definition) is 0. The summed E-state index contributed by atoms with van der Waals surface area (Å²) in [6.45, 7) is 6.40. The standard InChI is InChI=1S/C8H14N2O/c1-4-10(6-8(3)11)7(2)5-9/h7H,4,6H2,1-3H3. The van der Waals surface area contributed by atoms with Gasteiger partial charge in [-0.2, -0.15) is 5.26 Å². The molecule has 3 nitrogen and oxygen atoms in total. The van der Waals surface area contributed by atoms with Gasteiger partial charge in [0.15, 0.2) is 0 Å². The summed E-state index contributed by atoms with van der Waals surface area (Å²) in [5.41, 5.74) is 0. The summed E-state index contributed by atoms with van der Waals surface area (Å²) in [4.78, 5) is 12.5. The highest BCUT2D eigenvalue weighted by Gasteiger charge is 2.11. The molecule has 0 saturated carbocycles. The first-order valence-corrected chi connectivity index (χ1v) is 3.75. The maximum atomic E-state index is 10.7. The fourth-order valence-electron chi connectivity index (χ4n) is 0.890. The number of rotatable bonds is 4. The summed E-state index contributed by atoms with van der Waals surface area (Å²) in [6, 6.07) is 1.93. The summed E-state index contributed by atoms with van der Waals surface area (Å²) in [7, 11) is 0. The van der Waals surface area contributed by atoms with Crippen LogP contribution in [-0.2, 0) is 4.79 Å². The summed E-state index contributed by atoms with van der Waals surface area (Å²) >= 11 is 0. The highest BCUT2D eigenvalue weighted by atomic mass is 16.1. The second kappa shape index (κ2) is 4.86. The van der Waals surface area contributed by atoms with Crippen LogP contribution in [-0.4, -0.2) is 29.8 Å². The second-order valence-corrected chi connectivity index (χ2v) is 2.57. The molecule has 0 aromatic carbocycles. The topological polar surface area (TPSA) is 44.1 Å². The van der Waals surface area contributed by atoms with Crippen LogP contribution in [0.15, 0.2) is 0 Å². The first-order chi connectivity index (χ1) is 5.11. The van der Waals surface area contributed by atoms with Crippen LogP contribution in [0.1, 0.15) is 20.8 Å². The molecule has 0 fully saturated rings. The Morgan fingerprint density at radius 1 is 1.73 bits per heavy atom. The average Bonchev–Trinajstić information content (AvgIpc) is 1.98. The number of Topliss-reactive ketones (excluding diaryl/α,β-unsaturated/α-hetero) is 1. The Hall–Kier alpha value is -0.880. The molecule has 0 N–H and O–H groups in total. The summed E-state index contributed by atoms with van der Waals surface area (Å²) in [5.74, 6) is 0.106. The Balaban J connectivity index is 3.97. The van der Waals surface area contributed by atoms with Gasteiger partial charge in [0.1, 0.15) is 5.78 Å². The second-order valence-electron chi connectivity index (χ2n) is 2.57. The number of carbonyl (C=O) groups excluding carboxylic acids is 1. The first kappa shape index (κ1) is 10.1. The van der Waals surface area contributed by atoms with Gasteiger partial charge in [-0.25, -0.2) is 0 Å². The highest BCUT2D eigenvalue weighted by Crippen LogP contribution is 1.96. The highest BCUT2D eigenvalue weighted by molar-refractivity contribution is 5.77. The molecule has 0 aromatic rings. The number of nitrogens with zero attached hydrogens (tertiary/aromatic N) is 2. The van der Waals surface area contributed by atoms with E-state index in [-0.39, 0.29) is 11.8 Å². The Labute approximate surface area is 67.6 Å². The van der Waals surface area contributed by atoms with E-state index in [1.807, 2.05) is 11.8 Å². The number of hydrogen-bond acceptors (Lipinski definition) is 3. The van der Waals surface area contributed by atoms with Crippen molar-refractivity contribution in [2.75, 3.05) is 13.1 Å². The fraction of sp³-hybridized carbons (Fsp3) is 0.750. The lowest BCUT2D eigenvalue weighted by Gasteiger charge is -2.20. The van der Waals surface area contributed by atoms with E-state index in [1.165, 1.54) is 6.92 Å². The average molecular weight is 154 g/mol.